The Morgan fingerprint density at radius 2 is 2.14 bits per heavy atom. The number of amides is 1. The van der Waals surface area contributed by atoms with Crippen LogP contribution >= 0.6 is 11.6 Å². The first-order valence-corrected chi connectivity index (χ1v) is 6.59. The van der Waals surface area contributed by atoms with Crippen molar-refractivity contribution in [1.82, 2.24) is 4.98 Å². The molecule has 1 heterocycles. The molecule has 1 aromatic carbocycles. The molecule has 2 N–H and O–H groups in total. The molecule has 0 saturated heterocycles. The monoisotopic (exact) mass is 300 g/mol. The van der Waals surface area contributed by atoms with Gasteiger partial charge in [-0.3, -0.25) is 4.79 Å². The summed E-state index contributed by atoms with van der Waals surface area (Å²) in [6.45, 7) is 1.82. The van der Waals surface area contributed by atoms with Crippen molar-refractivity contribution in [2.75, 3.05) is 17.7 Å². The number of rotatable bonds is 3. The van der Waals surface area contributed by atoms with E-state index in [4.69, 9.17) is 16.9 Å². The molecule has 2 aromatic rings. The molecule has 0 atom stereocenters. The van der Waals surface area contributed by atoms with Crippen LogP contribution in [0, 0.1) is 18.3 Å². The van der Waals surface area contributed by atoms with E-state index >= 15 is 0 Å². The topological polar surface area (TPSA) is 77.8 Å². The first kappa shape index (κ1) is 14.8. The van der Waals surface area contributed by atoms with Crippen molar-refractivity contribution in [2.45, 2.75) is 6.92 Å². The van der Waals surface area contributed by atoms with Crippen LogP contribution in [0.2, 0.25) is 5.15 Å². The van der Waals surface area contributed by atoms with Crippen LogP contribution in [0.3, 0.4) is 0 Å². The molecule has 0 radical (unpaired) electrons. The summed E-state index contributed by atoms with van der Waals surface area (Å²) in [5, 5.41) is 14.9. The molecule has 0 bridgehead atoms. The quantitative estimate of drug-likeness (QED) is 0.853. The zero-order chi connectivity index (χ0) is 15.4. The predicted octanol–water partition coefficient (Wildman–Crippen LogP) is 3.21. The molecule has 0 spiro atoms. The minimum Gasteiger partial charge on any atom is -0.373 e. The Kier molecular flexibility index (Phi) is 4.41. The normalized spacial score (nSPS) is 9.81. The van der Waals surface area contributed by atoms with Gasteiger partial charge in [0, 0.05) is 12.6 Å². The van der Waals surface area contributed by atoms with Crippen molar-refractivity contribution >= 4 is 29.0 Å². The highest BCUT2D eigenvalue weighted by Crippen LogP contribution is 2.20. The van der Waals surface area contributed by atoms with E-state index in [-0.39, 0.29) is 11.1 Å². The van der Waals surface area contributed by atoms with Crippen molar-refractivity contribution in [3.63, 3.8) is 0 Å². The second-order valence-corrected chi connectivity index (χ2v) is 4.76. The van der Waals surface area contributed by atoms with Crippen LogP contribution in [0.5, 0.6) is 0 Å². The highest BCUT2D eigenvalue weighted by Gasteiger charge is 2.12. The van der Waals surface area contributed by atoms with Crippen molar-refractivity contribution < 1.29 is 4.79 Å². The summed E-state index contributed by atoms with van der Waals surface area (Å²) >= 11 is 5.88. The van der Waals surface area contributed by atoms with Crippen molar-refractivity contribution in [1.29, 1.82) is 5.26 Å². The van der Waals surface area contributed by atoms with Crippen LogP contribution in [0.4, 0.5) is 11.5 Å². The molecule has 6 heteroatoms. The fourth-order valence-electron chi connectivity index (χ4n) is 1.87. The van der Waals surface area contributed by atoms with Crippen LogP contribution < -0.4 is 10.6 Å². The number of aromatic nitrogens is 1. The molecule has 0 aliphatic rings. The van der Waals surface area contributed by atoms with E-state index in [1.165, 1.54) is 6.07 Å². The van der Waals surface area contributed by atoms with E-state index in [1.54, 1.807) is 25.2 Å². The highest BCUT2D eigenvalue weighted by molar-refractivity contribution is 6.30. The smallest absolute Gasteiger partial charge is 0.255 e. The van der Waals surface area contributed by atoms with Gasteiger partial charge in [-0.05, 0) is 30.7 Å². The summed E-state index contributed by atoms with van der Waals surface area (Å²) < 4.78 is 0. The van der Waals surface area contributed by atoms with Gasteiger partial charge in [-0.2, -0.15) is 5.26 Å². The Balaban J connectivity index is 2.33. The number of pyridine rings is 1. The molecule has 0 unspecified atom stereocenters. The van der Waals surface area contributed by atoms with Gasteiger partial charge < -0.3 is 10.6 Å². The van der Waals surface area contributed by atoms with E-state index in [0.29, 0.717) is 22.6 Å². The number of carbonyl (C=O) groups is 1. The SMILES string of the molecule is CNc1cc(C(=O)Nc2cccc(C)c2C#N)cc(Cl)n1. The van der Waals surface area contributed by atoms with Gasteiger partial charge in [0.25, 0.3) is 5.91 Å². The number of anilines is 2. The van der Waals surface area contributed by atoms with Crippen LogP contribution in [-0.4, -0.2) is 17.9 Å². The minimum absolute atomic E-state index is 0.219. The van der Waals surface area contributed by atoms with Crippen LogP contribution in [0.1, 0.15) is 21.5 Å². The Morgan fingerprint density at radius 1 is 1.38 bits per heavy atom. The van der Waals surface area contributed by atoms with Gasteiger partial charge in [-0.25, -0.2) is 4.98 Å². The second kappa shape index (κ2) is 6.25. The van der Waals surface area contributed by atoms with Crippen LogP contribution in [0.15, 0.2) is 30.3 Å². The second-order valence-electron chi connectivity index (χ2n) is 4.38. The summed E-state index contributed by atoms with van der Waals surface area (Å²) in [6.07, 6.45) is 0. The number of hydrogen-bond donors (Lipinski definition) is 2. The van der Waals surface area contributed by atoms with E-state index < -0.39 is 0 Å². The van der Waals surface area contributed by atoms with Gasteiger partial charge >= 0.3 is 0 Å². The molecule has 21 heavy (non-hydrogen) atoms. The molecule has 2 rings (SSSR count). The Bertz CT molecular complexity index is 737. The summed E-state index contributed by atoms with van der Waals surface area (Å²) in [6, 6.07) is 10.4. The van der Waals surface area contributed by atoms with Gasteiger partial charge in [0.2, 0.25) is 0 Å². The zero-order valence-electron chi connectivity index (χ0n) is 11.6. The summed E-state index contributed by atoms with van der Waals surface area (Å²) in [7, 11) is 1.69. The number of nitrogens with one attached hydrogen (secondary N) is 2. The fourth-order valence-corrected chi connectivity index (χ4v) is 2.08. The maximum Gasteiger partial charge on any atom is 0.255 e. The molecule has 0 aliphatic carbocycles. The van der Waals surface area contributed by atoms with Crippen molar-refractivity contribution in [3.05, 3.63) is 52.2 Å². The van der Waals surface area contributed by atoms with E-state index in [2.05, 4.69) is 21.7 Å². The number of nitrogens with zero attached hydrogens (tertiary/aromatic N) is 2. The number of benzene rings is 1. The molecule has 1 aromatic heterocycles. The molecule has 0 saturated carbocycles. The third-order valence-corrected chi connectivity index (χ3v) is 3.14. The van der Waals surface area contributed by atoms with E-state index in [0.717, 1.165) is 5.56 Å². The number of aryl methyl sites for hydroxylation is 1. The van der Waals surface area contributed by atoms with Gasteiger partial charge in [0.1, 0.15) is 17.0 Å². The van der Waals surface area contributed by atoms with Crippen LogP contribution in [-0.2, 0) is 0 Å². The zero-order valence-corrected chi connectivity index (χ0v) is 12.3. The first-order valence-electron chi connectivity index (χ1n) is 6.21. The van der Waals surface area contributed by atoms with Crippen LogP contribution in [0.25, 0.3) is 0 Å². The van der Waals surface area contributed by atoms with E-state index in [9.17, 15) is 4.79 Å². The number of halogens is 1. The van der Waals surface area contributed by atoms with Gasteiger partial charge in [-0.15, -0.1) is 0 Å². The van der Waals surface area contributed by atoms with E-state index in [1.807, 2.05) is 13.0 Å². The molecule has 106 valence electrons. The number of carbonyl (C=O) groups excluding carboxylic acids is 1. The molecule has 1 amide bonds. The Hall–Kier alpha value is -2.58. The Morgan fingerprint density at radius 3 is 2.81 bits per heavy atom. The Labute approximate surface area is 127 Å². The third kappa shape index (κ3) is 3.30. The number of hydrogen-bond acceptors (Lipinski definition) is 4. The lowest BCUT2D eigenvalue weighted by molar-refractivity contribution is 0.102. The predicted molar refractivity (Wildman–Crippen MR) is 82.6 cm³/mol. The highest BCUT2D eigenvalue weighted by atomic mass is 35.5. The van der Waals surface area contributed by atoms with Crippen molar-refractivity contribution in [3.8, 4) is 6.07 Å². The molecule has 5 nitrogen and oxygen atoms in total. The lowest BCUT2D eigenvalue weighted by Crippen LogP contribution is -2.14. The largest absolute Gasteiger partial charge is 0.373 e. The van der Waals surface area contributed by atoms with Gasteiger partial charge in [0.05, 0.1) is 11.3 Å². The molecular weight excluding hydrogens is 288 g/mol. The lowest BCUT2D eigenvalue weighted by atomic mass is 10.1. The maximum absolute atomic E-state index is 12.3. The first-order chi connectivity index (χ1) is 10.0. The average molecular weight is 301 g/mol. The molecule has 0 aliphatic heterocycles. The van der Waals surface area contributed by atoms with Gasteiger partial charge in [-0.1, -0.05) is 23.7 Å². The standard InChI is InChI=1S/C15H13ClN4O/c1-9-4-3-5-12(11(9)8-17)19-15(21)10-6-13(16)20-14(7-10)18-2/h3-7H,1-2H3,(H,18,20)(H,19,21). The summed E-state index contributed by atoms with van der Waals surface area (Å²) in [4.78, 5) is 16.3. The lowest BCUT2D eigenvalue weighted by Gasteiger charge is -2.10. The fraction of sp³-hybridized carbons (Fsp3) is 0.133. The number of nitriles is 1. The van der Waals surface area contributed by atoms with Crippen molar-refractivity contribution in [2.24, 2.45) is 0 Å². The summed E-state index contributed by atoms with van der Waals surface area (Å²) in [5.41, 5.74) is 2.09. The summed E-state index contributed by atoms with van der Waals surface area (Å²) in [5.74, 6) is 0.148. The molecular formula is C15H13ClN4O. The third-order valence-electron chi connectivity index (χ3n) is 2.95. The molecule has 0 fully saturated rings. The average Bonchev–Trinajstić information content (AvgIpc) is 2.46. The minimum atomic E-state index is -0.349. The van der Waals surface area contributed by atoms with Gasteiger partial charge in [0.15, 0.2) is 0 Å². The maximum atomic E-state index is 12.3.